The molecule has 0 saturated carbocycles. The molecule has 2 aromatic heterocycles. The maximum absolute atomic E-state index is 12.0. The lowest BCUT2D eigenvalue weighted by Crippen LogP contribution is -2.38. The van der Waals surface area contributed by atoms with Gasteiger partial charge in [0.05, 0.1) is 18.9 Å². The van der Waals surface area contributed by atoms with Crippen molar-refractivity contribution >= 4 is 17.7 Å². The SMILES string of the molecule is CSCCC(CO)NC(=O)c1cc(-c2ccco2)[nH]n1. The Balaban J connectivity index is 1.99. The number of carbonyl (C=O) groups excluding carboxylic acids is 1. The van der Waals surface area contributed by atoms with Gasteiger partial charge in [0, 0.05) is 6.07 Å². The van der Waals surface area contributed by atoms with Gasteiger partial charge in [0.15, 0.2) is 11.5 Å². The topological polar surface area (TPSA) is 91.1 Å². The molecule has 0 aromatic carbocycles. The summed E-state index contributed by atoms with van der Waals surface area (Å²) in [6.07, 6.45) is 4.26. The summed E-state index contributed by atoms with van der Waals surface area (Å²) in [5.74, 6) is 1.20. The van der Waals surface area contributed by atoms with E-state index in [0.29, 0.717) is 11.5 Å². The van der Waals surface area contributed by atoms with Crippen molar-refractivity contribution < 1.29 is 14.3 Å². The number of H-pyrrole nitrogens is 1. The number of amides is 1. The van der Waals surface area contributed by atoms with E-state index >= 15 is 0 Å². The number of aliphatic hydroxyl groups is 1. The van der Waals surface area contributed by atoms with E-state index in [-0.39, 0.29) is 24.2 Å². The number of nitrogens with zero attached hydrogens (tertiary/aromatic N) is 1. The number of nitrogens with one attached hydrogen (secondary N) is 2. The summed E-state index contributed by atoms with van der Waals surface area (Å²) in [6.45, 7) is -0.0816. The largest absolute Gasteiger partial charge is 0.463 e. The molecule has 0 spiro atoms. The van der Waals surface area contributed by atoms with E-state index in [1.54, 1.807) is 36.2 Å². The molecule has 0 bridgehead atoms. The number of aromatic nitrogens is 2. The summed E-state index contributed by atoms with van der Waals surface area (Å²) in [5, 5.41) is 18.7. The van der Waals surface area contributed by atoms with Crippen molar-refractivity contribution in [2.45, 2.75) is 12.5 Å². The third-order valence-electron chi connectivity index (χ3n) is 2.82. The van der Waals surface area contributed by atoms with E-state index in [9.17, 15) is 9.90 Å². The van der Waals surface area contributed by atoms with E-state index in [1.807, 2.05) is 6.26 Å². The molecule has 1 atom stereocenters. The highest BCUT2D eigenvalue weighted by molar-refractivity contribution is 7.98. The van der Waals surface area contributed by atoms with Gasteiger partial charge in [-0.3, -0.25) is 9.89 Å². The Bertz CT molecular complexity index is 539. The molecule has 3 N–H and O–H groups in total. The van der Waals surface area contributed by atoms with E-state index in [0.717, 1.165) is 12.2 Å². The van der Waals surface area contributed by atoms with Crippen LogP contribution >= 0.6 is 11.8 Å². The Kier molecular flexibility index (Phi) is 5.25. The molecule has 1 amide bonds. The average molecular weight is 295 g/mol. The van der Waals surface area contributed by atoms with Crippen LogP contribution in [0.2, 0.25) is 0 Å². The highest BCUT2D eigenvalue weighted by Gasteiger charge is 2.16. The number of furan rings is 1. The van der Waals surface area contributed by atoms with Crippen molar-refractivity contribution in [2.75, 3.05) is 18.6 Å². The maximum Gasteiger partial charge on any atom is 0.272 e. The van der Waals surface area contributed by atoms with E-state index in [4.69, 9.17) is 4.42 Å². The summed E-state index contributed by atoms with van der Waals surface area (Å²) < 4.78 is 5.22. The zero-order chi connectivity index (χ0) is 14.4. The van der Waals surface area contributed by atoms with Gasteiger partial charge in [-0.05, 0) is 30.6 Å². The molecule has 6 nitrogen and oxygen atoms in total. The van der Waals surface area contributed by atoms with Crippen LogP contribution in [0.3, 0.4) is 0 Å². The molecule has 20 heavy (non-hydrogen) atoms. The first-order chi connectivity index (χ1) is 9.74. The van der Waals surface area contributed by atoms with Gasteiger partial charge in [0.1, 0.15) is 5.69 Å². The van der Waals surface area contributed by atoms with Gasteiger partial charge < -0.3 is 14.8 Å². The van der Waals surface area contributed by atoms with Crippen molar-refractivity contribution in [1.82, 2.24) is 15.5 Å². The standard InChI is InChI=1S/C13H17N3O3S/c1-20-6-4-9(8-17)14-13(18)11-7-10(15-16-11)12-3-2-5-19-12/h2-3,5,7,9,17H,4,6,8H2,1H3,(H,14,18)(H,15,16). The average Bonchev–Trinajstić information content (AvgIpc) is 3.12. The molecule has 0 saturated heterocycles. The number of aromatic amines is 1. The molecule has 108 valence electrons. The van der Waals surface area contributed by atoms with Crippen LogP contribution in [0.25, 0.3) is 11.5 Å². The third-order valence-corrected chi connectivity index (χ3v) is 3.47. The zero-order valence-corrected chi connectivity index (χ0v) is 11.9. The fourth-order valence-electron chi connectivity index (χ4n) is 1.72. The second-order valence-corrected chi connectivity index (χ2v) is 5.26. The molecule has 0 aliphatic carbocycles. The van der Waals surface area contributed by atoms with Crippen LogP contribution in [0, 0.1) is 0 Å². The summed E-state index contributed by atoms with van der Waals surface area (Å²) in [6, 6.07) is 4.92. The number of thioether (sulfide) groups is 1. The third kappa shape index (κ3) is 3.64. The van der Waals surface area contributed by atoms with Crippen LogP contribution < -0.4 is 5.32 Å². The lowest BCUT2D eigenvalue weighted by Gasteiger charge is -2.14. The first-order valence-electron chi connectivity index (χ1n) is 6.24. The van der Waals surface area contributed by atoms with Crippen LogP contribution in [0.4, 0.5) is 0 Å². The molecule has 2 heterocycles. The predicted octanol–water partition coefficient (Wildman–Crippen LogP) is 1.51. The summed E-state index contributed by atoms with van der Waals surface area (Å²) in [7, 11) is 0. The number of hydrogen-bond acceptors (Lipinski definition) is 5. The highest BCUT2D eigenvalue weighted by atomic mass is 32.2. The van der Waals surface area contributed by atoms with Gasteiger partial charge in [-0.1, -0.05) is 0 Å². The van der Waals surface area contributed by atoms with Crippen LogP contribution in [0.15, 0.2) is 28.9 Å². The second kappa shape index (κ2) is 7.16. The molecule has 0 aliphatic heterocycles. The molecule has 2 aromatic rings. The smallest absolute Gasteiger partial charge is 0.272 e. The van der Waals surface area contributed by atoms with Gasteiger partial charge in [-0.25, -0.2) is 0 Å². The van der Waals surface area contributed by atoms with Crippen LogP contribution in [0.1, 0.15) is 16.9 Å². The minimum atomic E-state index is -0.306. The molecular formula is C13H17N3O3S. The Morgan fingerprint density at radius 2 is 2.50 bits per heavy atom. The molecule has 2 rings (SSSR count). The van der Waals surface area contributed by atoms with Gasteiger partial charge in [0.2, 0.25) is 0 Å². The Hall–Kier alpha value is -1.73. The number of hydrogen-bond donors (Lipinski definition) is 3. The van der Waals surface area contributed by atoms with Crippen molar-refractivity contribution in [3.8, 4) is 11.5 Å². The maximum atomic E-state index is 12.0. The van der Waals surface area contributed by atoms with Gasteiger partial charge in [0.25, 0.3) is 5.91 Å². The summed E-state index contributed by atoms with van der Waals surface area (Å²) >= 11 is 1.67. The predicted molar refractivity (Wildman–Crippen MR) is 77.6 cm³/mol. The highest BCUT2D eigenvalue weighted by Crippen LogP contribution is 2.17. The van der Waals surface area contributed by atoms with E-state index in [1.165, 1.54) is 0 Å². The first kappa shape index (κ1) is 14.7. The summed E-state index contributed by atoms with van der Waals surface area (Å²) in [5.41, 5.74) is 0.920. The first-order valence-corrected chi connectivity index (χ1v) is 7.64. The molecule has 7 heteroatoms. The second-order valence-electron chi connectivity index (χ2n) is 4.28. The van der Waals surface area contributed by atoms with Crippen LogP contribution in [-0.4, -0.2) is 45.9 Å². The molecule has 1 unspecified atom stereocenters. The Morgan fingerprint density at radius 1 is 1.65 bits per heavy atom. The Labute approximate surface area is 120 Å². The monoisotopic (exact) mass is 295 g/mol. The lowest BCUT2D eigenvalue weighted by molar-refractivity contribution is 0.0910. The van der Waals surface area contributed by atoms with E-state index in [2.05, 4.69) is 15.5 Å². The molecule has 0 fully saturated rings. The van der Waals surface area contributed by atoms with Gasteiger partial charge >= 0.3 is 0 Å². The molecular weight excluding hydrogens is 278 g/mol. The van der Waals surface area contributed by atoms with Crippen LogP contribution in [0.5, 0.6) is 0 Å². The van der Waals surface area contributed by atoms with Crippen molar-refractivity contribution in [3.63, 3.8) is 0 Å². The van der Waals surface area contributed by atoms with Crippen molar-refractivity contribution in [3.05, 3.63) is 30.2 Å². The minimum Gasteiger partial charge on any atom is -0.463 e. The quantitative estimate of drug-likeness (QED) is 0.720. The van der Waals surface area contributed by atoms with E-state index < -0.39 is 0 Å². The number of aliphatic hydroxyl groups excluding tert-OH is 1. The molecule has 0 aliphatic rings. The normalized spacial score (nSPS) is 12.3. The fourth-order valence-corrected chi connectivity index (χ4v) is 2.24. The van der Waals surface area contributed by atoms with Gasteiger partial charge in [-0.2, -0.15) is 16.9 Å². The van der Waals surface area contributed by atoms with Gasteiger partial charge in [-0.15, -0.1) is 0 Å². The minimum absolute atomic E-state index is 0.0816. The lowest BCUT2D eigenvalue weighted by atomic mass is 10.2. The number of carbonyl (C=O) groups is 1. The van der Waals surface area contributed by atoms with Crippen molar-refractivity contribution in [2.24, 2.45) is 0 Å². The summed E-state index contributed by atoms with van der Waals surface area (Å²) in [4.78, 5) is 12.0. The van der Waals surface area contributed by atoms with Crippen molar-refractivity contribution in [1.29, 1.82) is 0 Å². The molecule has 0 radical (unpaired) electrons. The zero-order valence-electron chi connectivity index (χ0n) is 11.1. The number of rotatable bonds is 7. The van der Waals surface area contributed by atoms with Crippen LogP contribution in [-0.2, 0) is 0 Å². The Morgan fingerprint density at radius 3 is 3.15 bits per heavy atom. The fraction of sp³-hybridized carbons (Fsp3) is 0.385.